The number of H-pyrrole nitrogens is 1. The Morgan fingerprint density at radius 3 is 2.81 bits per heavy atom. The van der Waals surface area contributed by atoms with Gasteiger partial charge in [-0.2, -0.15) is 5.26 Å². The van der Waals surface area contributed by atoms with Gasteiger partial charge in [0.1, 0.15) is 0 Å². The van der Waals surface area contributed by atoms with Crippen molar-refractivity contribution in [2.45, 2.75) is 25.1 Å². The molecule has 6 nitrogen and oxygen atoms in total. The predicted molar refractivity (Wildman–Crippen MR) is 60.4 cm³/mol. The predicted octanol–water partition coefficient (Wildman–Crippen LogP) is 0.158. The third kappa shape index (κ3) is 3.16. The molecule has 0 saturated heterocycles. The summed E-state index contributed by atoms with van der Waals surface area (Å²) in [4.78, 5) is 13.0. The third-order valence-corrected chi connectivity index (χ3v) is 4.38. The number of rotatable bonds is 5. The first kappa shape index (κ1) is 12.9. The fourth-order valence-corrected chi connectivity index (χ4v) is 2.78. The van der Waals surface area contributed by atoms with Crippen LogP contribution in [0.2, 0.25) is 0 Å². The van der Waals surface area contributed by atoms with E-state index in [4.69, 9.17) is 5.26 Å². The Kier molecular flexibility index (Phi) is 4.23. The van der Waals surface area contributed by atoms with Crippen molar-refractivity contribution >= 4 is 21.4 Å². The Morgan fingerprint density at radius 1 is 1.69 bits per heavy atom. The fraction of sp³-hybridized carbons (Fsp3) is 0.500. The number of hydrogen-bond acceptors (Lipinski definition) is 5. The summed E-state index contributed by atoms with van der Waals surface area (Å²) >= 11 is 0.964. The van der Waals surface area contributed by atoms with Crippen LogP contribution in [0.5, 0.6) is 0 Å². The number of aromatic amines is 1. The maximum Gasteiger partial charge on any atom is 0.304 e. The summed E-state index contributed by atoms with van der Waals surface area (Å²) in [6.45, 7) is 1.62. The van der Waals surface area contributed by atoms with E-state index in [2.05, 4.69) is 9.71 Å². The Bertz CT molecular complexity index is 537. The van der Waals surface area contributed by atoms with Crippen LogP contribution in [0, 0.1) is 11.3 Å². The highest BCUT2D eigenvalue weighted by atomic mass is 32.2. The standard InChI is InChI=1S/C8H11N3O3S2/c1-2-7(3-9)16(13,14)10-4-6-5-15-8(12)11-6/h5,7,10H,2,4H2,1H3,(H,11,12). The van der Waals surface area contributed by atoms with Crippen LogP contribution < -0.4 is 9.60 Å². The van der Waals surface area contributed by atoms with Gasteiger partial charge in [-0.15, -0.1) is 0 Å². The van der Waals surface area contributed by atoms with E-state index in [1.54, 1.807) is 13.0 Å². The van der Waals surface area contributed by atoms with Gasteiger partial charge in [0.2, 0.25) is 10.0 Å². The van der Waals surface area contributed by atoms with Crippen LogP contribution in [0.25, 0.3) is 0 Å². The molecule has 16 heavy (non-hydrogen) atoms. The zero-order valence-electron chi connectivity index (χ0n) is 8.56. The summed E-state index contributed by atoms with van der Waals surface area (Å²) in [7, 11) is -3.64. The maximum atomic E-state index is 11.6. The van der Waals surface area contributed by atoms with E-state index in [0.29, 0.717) is 5.69 Å². The summed E-state index contributed by atoms with van der Waals surface area (Å²) in [5, 5.41) is 9.12. The second kappa shape index (κ2) is 5.25. The lowest BCUT2D eigenvalue weighted by atomic mass is 10.4. The minimum atomic E-state index is -3.64. The van der Waals surface area contributed by atoms with Crippen molar-refractivity contribution < 1.29 is 8.42 Å². The van der Waals surface area contributed by atoms with E-state index in [9.17, 15) is 13.2 Å². The molecular weight excluding hydrogens is 250 g/mol. The topological polar surface area (TPSA) is 103 Å². The first-order valence-electron chi connectivity index (χ1n) is 4.54. The zero-order valence-corrected chi connectivity index (χ0v) is 10.2. The van der Waals surface area contributed by atoms with Crippen molar-refractivity contribution in [3.8, 4) is 6.07 Å². The van der Waals surface area contributed by atoms with Crippen LogP contribution in [0.3, 0.4) is 0 Å². The maximum absolute atomic E-state index is 11.6. The summed E-state index contributed by atoms with van der Waals surface area (Å²) in [5.41, 5.74) is 0.492. The first-order chi connectivity index (χ1) is 7.49. The van der Waals surface area contributed by atoms with E-state index in [0.717, 1.165) is 11.3 Å². The minimum Gasteiger partial charge on any atom is -0.315 e. The fourth-order valence-electron chi connectivity index (χ4n) is 1.06. The summed E-state index contributed by atoms with van der Waals surface area (Å²) < 4.78 is 25.4. The van der Waals surface area contributed by atoms with Gasteiger partial charge in [0.05, 0.1) is 12.6 Å². The molecule has 8 heteroatoms. The van der Waals surface area contributed by atoms with Crippen molar-refractivity contribution in [2.75, 3.05) is 0 Å². The van der Waals surface area contributed by atoms with Crippen LogP contribution in [0.15, 0.2) is 10.2 Å². The smallest absolute Gasteiger partial charge is 0.304 e. The van der Waals surface area contributed by atoms with Crippen LogP contribution in [0.1, 0.15) is 19.0 Å². The molecule has 88 valence electrons. The molecule has 1 atom stereocenters. The average Bonchev–Trinajstić information content (AvgIpc) is 2.63. The van der Waals surface area contributed by atoms with Crippen LogP contribution in [-0.2, 0) is 16.6 Å². The molecule has 1 unspecified atom stereocenters. The Hall–Kier alpha value is -1.17. The second-order valence-corrected chi connectivity index (χ2v) is 5.86. The Labute approximate surface area is 97.0 Å². The Morgan fingerprint density at radius 2 is 2.38 bits per heavy atom. The number of sulfonamides is 1. The highest BCUT2D eigenvalue weighted by molar-refractivity contribution is 7.90. The highest BCUT2D eigenvalue weighted by Crippen LogP contribution is 2.04. The summed E-state index contributed by atoms with van der Waals surface area (Å²) in [5.74, 6) is 0. The van der Waals surface area contributed by atoms with Gasteiger partial charge in [-0.05, 0) is 6.42 Å². The quantitative estimate of drug-likeness (QED) is 0.787. The van der Waals surface area contributed by atoms with Crippen molar-refractivity contribution in [3.63, 3.8) is 0 Å². The van der Waals surface area contributed by atoms with Crippen LogP contribution in [0.4, 0.5) is 0 Å². The molecule has 0 fully saturated rings. The van der Waals surface area contributed by atoms with Gasteiger partial charge in [0.15, 0.2) is 5.25 Å². The van der Waals surface area contributed by atoms with Gasteiger partial charge in [-0.25, -0.2) is 13.1 Å². The molecule has 1 aromatic heterocycles. The lowest BCUT2D eigenvalue weighted by molar-refractivity contribution is 0.571. The number of aromatic nitrogens is 1. The van der Waals surface area contributed by atoms with E-state index in [1.807, 2.05) is 0 Å². The zero-order chi connectivity index (χ0) is 12.2. The van der Waals surface area contributed by atoms with Gasteiger partial charge in [-0.3, -0.25) is 4.79 Å². The van der Waals surface area contributed by atoms with Gasteiger partial charge in [0.25, 0.3) is 0 Å². The molecule has 1 heterocycles. The van der Waals surface area contributed by atoms with Crippen molar-refractivity contribution in [2.24, 2.45) is 0 Å². The molecule has 0 radical (unpaired) electrons. The summed E-state index contributed by atoms with van der Waals surface area (Å²) in [6.07, 6.45) is 0.228. The van der Waals surface area contributed by atoms with E-state index in [1.165, 1.54) is 5.38 Å². The Balaban J connectivity index is 2.68. The van der Waals surface area contributed by atoms with E-state index in [-0.39, 0.29) is 17.8 Å². The highest BCUT2D eigenvalue weighted by Gasteiger charge is 2.22. The molecule has 1 rings (SSSR count). The molecule has 0 aliphatic carbocycles. The van der Waals surface area contributed by atoms with Gasteiger partial charge in [0, 0.05) is 11.1 Å². The largest absolute Gasteiger partial charge is 0.315 e. The van der Waals surface area contributed by atoms with Crippen molar-refractivity contribution in [3.05, 3.63) is 20.7 Å². The third-order valence-electron chi connectivity index (χ3n) is 1.92. The number of thiazole rings is 1. The molecule has 2 N–H and O–H groups in total. The van der Waals surface area contributed by atoms with Gasteiger partial charge in [-0.1, -0.05) is 18.3 Å². The monoisotopic (exact) mass is 261 g/mol. The lowest BCUT2D eigenvalue weighted by Gasteiger charge is -2.08. The van der Waals surface area contributed by atoms with E-state index >= 15 is 0 Å². The minimum absolute atomic E-state index is 0.000741. The molecule has 0 aliphatic rings. The second-order valence-electron chi connectivity index (χ2n) is 3.07. The van der Waals surface area contributed by atoms with Crippen LogP contribution in [-0.4, -0.2) is 18.7 Å². The molecule has 0 amide bonds. The molecular formula is C8H11N3O3S2. The molecule has 0 bridgehead atoms. The summed E-state index contributed by atoms with van der Waals surface area (Å²) in [6, 6.07) is 1.71. The van der Waals surface area contributed by atoms with Crippen LogP contribution >= 0.6 is 11.3 Å². The van der Waals surface area contributed by atoms with E-state index < -0.39 is 15.3 Å². The molecule has 0 spiro atoms. The lowest BCUT2D eigenvalue weighted by Crippen LogP contribution is -2.32. The number of nitrogens with one attached hydrogen (secondary N) is 2. The van der Waals surface area contributed by atoms with Gasteiger partial charge >= 0.3 is 4.87 Å². The molecule has 1 aromatic rings. The number of nitrogens with zero attached hydrogens (tertiary/aromatic N) is 1. The number of hydrogen-bond donors (Lipinski definition) is 2. The van der Waals surface area contributed by atoms with Crippen molar-refractivity contribution in [1.29, 1.82) is 5.26 Å². The van der Waals surface area contributed by atoms with Gasteiger partial charge < -0.3 is 4.98 Å². The normalized spacial score (nSPS) is 13.2. The molecule has 0 saturated carbocycles. The molecule has 0 aromatic carbocycles. The molecule has 0 aliphatic heterocycles. The first-order valence-corrected chi connectivity index (χ1v) is 6.97. The van der Waals surface area contributed by atoms with Crippen molar-refractivity contribution in [1.82, 2.24) is 9.71 Å². The average molecular weight is 261 g/mol. The number of nitriles is 1. The SMILES string of the molecule is CCC(C#N)S(=O)(=O)NCc1csc(=O)[nH]1.